The van der Waals surface area contributed by atoms with Crippen molar-refractivity contribution in [3.8, 4) is 11.5 Å². The molecule has 0 aliphatic carbocycles. The Morgan fingerprint density at radius 2 is 1.62 bits per heavy atom. The molecule has 0 bridgehead atoms. The van der Waals surface area contributed by atoms with Crippen LogP contribution in [0, 0.1) is 0 Å². The van der Waals surface area contributed by atoms with Gasteiger partial charge in [0.05, 0.1) is 26.2 Å². The van der Waals surface area contributed by atoms with Gasteiger partial charge < -0.3 is 19.1 Å². The highest BCUT2D eigenvalue weighted by Gasteiger charge is 2.23. The van der Waals surface area contributed by atoms with E-state index in [2.05, 4.69) is 4.72 Å². The average molecular weight is 465 g/mol. The van der Waals surface area contributed by atoms with Crippen LogP contribution in [0.4, 0.5) is 0 Å². The standard InChI is InChI=1S/C22H28N2O7S/c1-15(2)23-32(27,28)20-8-6-7-17(11-20)22(26)24(14-21(25)31-5)13-16-9-18(29-3)12-19(10-16)30-4/h6-12,15,23H,13-14H2,1-5H3. The number of sulfonamides is 1. The largest absolute Gasteiger partial charge is 0.497 e. The molecule has 2 aromatic carbocycles. The van der Waals surface area contributed by atoms with Gasteiger partial charge in [-0.05, 0) is 49.7 Å². The number of carbonyl (C=O) groups excluding carboxylic acids is 2. The summed E-state index contributed by atoms with van der Waals surface area (Å²) in [6, 6.07) is 10.5. The van der Waals surface area contributed by atoms with Crippen molar-refractivity contribution in [2.75, 3.05) is 27.9 Å². The second-order valence-corrected chi connectivity index (χ2v) is 8.98. The van der Waals surface area contributed by atoms with Crippen molar-refractivity contribution in [1.82, 2.24) is 9.62 Å². The highest BCUT2D eigenvalue weighted by molar-refractivity contribution is 7.89. The SMILES string of the molecule is COC(=O)CN(Cc1cc(OC)cc(OC)c1)C(=O)c1cccc(S(=O)(=O)NC(C)C)c1. The Morgan fingerprint density at radius 1 is 1.00 bits per heavy atom. The zero-order valence-electron chi connectivity index (χ0n) is 18.7. The van der Waals surface area contributed by atoms with E-state index in [0.29, 0.717) is 17.1 Å². The normalized spacial score (nSPS) is 11.2. The first-order chi connectivity index (χ1) is 15.1. The zero-order chi connectivity index (χ0) is 23.9. The highest BCUT2D eigenvalue weighted by Crippen LogP contribution is 2.24. The number of hydrogen-bond acceptors (Lipinski definition) is 7. The van der Waals surface area contributed by atoms with E-state index in [9.17, 15) is 18.0 Å². The first-order valence-electron chi connectivity index (χ1n) is 9.80. The first-order valence-corrected chi connectivity index (χ1v) is 11.3. The molecule has 0 heterocycles. The molecular weight excluding hydrogens is 436 g/mol. The first kappa shape index (κ1) is 25.2. The molecule has 1 amide bonds. The molecule has 0 unspecified atom stereocenters. The van der Waals surface area contributed by atoms with Gasteiger partial charge in [0.15, 0.2) is 0 Å². The fourth-order valence-corrected chi connectivity index (χ4v) is 4.25. The Labute approximate surface area is 188 Å². The van der Waals surface area contributed by atoms with E-state index in [-0.39, 0.29) is 29.6 Å². The Bertz CT molecular complexity index is 1050. The Hall–Kier alpha value is -3.11. The van der Waals surface area contributed by atoms with Gasteiger partial charge in [0.2, 0.25) is 10.0 Å². The minimum atomic E-state index is -3.79. The summed E-state index contributed by atoms with van der Waals surface area (Å²) in [5, 5.41) is 0. The third kappa shape index (κ3) is 6.69. The van der Waals surface area contributed by atoms with Crippen LogP contribution in [0.2, 0.25) is 0 Å². The molecule has 9 nitrogen and oxygen atoms in total. The number of esters is 1. The summed E-state index contributed by atoms with van der Waals surface area (Å²) in [6.07, 6.45) is 0. The number of hydrogen-bond donors (Lipinski definition) is 1. The summed E-state index contributed by atoms with van der Waals surface area (Å²) in [6.45, 7) is 3.12. The van der Waals surface area contributed by atoms with Gasteiger partial charge in [-0.2, -0.15) is 0 Å². The van der Waals surface area contributed by atoms with E-state index >= 15 is 0 Å². The van der Waals surface area contributed by atoms with E-state index in [1.165, 1.54) is 50.5 Å². The molecule has 0 saturated heterocycles. The molecule has 0 aliphatic heterocycles. The Kier molecular flexibility index (Phi) is 8.62. The summed E-state index contributed by atoms with van der Waals surface area (Å²) < 4.78 is 42.7. The molecule has 0 fully saturated rings. The number of ether oxygens (including phenoxy) is 3. The van der Waals surface area contributed by atoms with E-state index in [0.717, 1.165) is 0 Å². The van der Waals surface area contributed by atoms with Gasteiger partial charge in [0.25, 0.3) is 5.91 Å². The summed E-state index contributed by atoms with van der Waals surface area (Å²) >= 11 is 0. The van der Waals surface area contributed by atoms with Gasteiger partial charge in [-0.1, -0.05) is 6.07 Å². The van der Waals surface area contributed by atoms with Crippen molar-refractivity contribution < 1.29 is 32.2 Å². The van der Waals surface area contributed by atoms with Crippen molar-refractivity contribution in [1.29, 1.82) is 0 Å². The smallest absolute Gasteiger partial charge is 0.325 e. The molecule has 32 heavy (non-hydrogen) atoms. The second kappa shape index (κ2) is 11.0. The summed E-state index contributed by atoms with van der Waals surface area (Å²) in [7, 11) is 0.449. The minimum absolute atomic E-state index is 0.0434. The van der Waals surface area contributed by atoms with Gasteiger partial charge in [-0.25, -0.2) is 13.1 Å². The minimum Gasteiger partial charge on any atom is -0.497 e. The van der Waals surface area contributed by atoms with Crippen LogP contribution in [0.5, 0.6) is 11.5 Å². The molecule has 2 rings (SSSR count). The van der Waals surface area contributed by atoms with Crippen LogP contribution in [-0.4, -0.2) is 59.1 Å². The Balaban J connectivity index is 2.41. The molecule has 0 aromatic heterocycles. The highest BCUT2D eigenvalue weighted by atomic mass is 32.2. The molecule has 1 N–H and O–H groups in total. The van der Waals surface area contributed by atoms with Crippen LogP contribution in [-0.2, 0) is 26.1 Å². The maximum atomic E-state index is 13.3. The number of carbonyl (C=O) groups is 2. The maximum absolute atomic E-state index is 13.3. The predicted octanol–water partition coefficient (Wildman–Crippen LogP) is 2.21. The molecule has 2 aromatic rings. The summed E-state index contributed by atoms with van der Waals surface area (Å²) in [4.78, 5) is 26.4. The van der Waals surface area contributed by atoms with Crippen molar-refractivity contribution in [2.45, 2.75) is 31.3 Å². The van der Waals surface area contributed by atoms with Crippen LogP contribution < -0.4 is 14.2 Å². The van der Waals surface area contributed by atoms with Gasteiger partial charge in [-0.3, -0.25) is 9.59 Å². The number of nitrogens with zero attached hydrogens (tertiary/aromatic N) is 1. The summed E-state index contributed by atoms with van der Waals surface area (Å²) in [5.41, 5.74) is 0.777. The lowest BCUT2D eigenvalue weighted by Crippen LogP contribution is -2.36. The molecule has 10 heteroatoms. The fourth-order valence-electron chi connectivity index (χ4n) is 2.96. The molecule has 0 saturated carbocycles. The molecule has 0 spiro atoms. The van der Waals surface area contributed by atoms with Gasteiger partial charge in [0.1, 0.15) is 18.0 Å². The number of benzene rings is 2. The summed E-state index contributed by atoms with van der Waals surface area (Å²) in [5.74, 6) is -0.0902. The Morgan fingerprint density at radius 3 is 2.16 bits per heavy atom. The third-order valence-electron chi connectivity index (χ3n) is 4.40. The van der Waals surface area contributed by atoms with Crippen molar-refractivity contribution in [3.05, 3.63) is 53.6 Å². The van der Waals surface area contributed by atoms with E-state index in [4.69, 9.17) is 14.2 Å². The van der Waals surface area contributed by atoms with Crippen LogP contribution in [0.1, 0.15) is 29.8 Å². The van der Waals surface area contributed by atoms with Crippen LogP contribution in [0.15, 0.2) is 47.4 Å². The second-order valence-electron chi connectivity index (χ2n) is 7.26. The molecule has 174 valence electrons. The monoisotopic (exact) mass is 464 g/mol. The average Bonchev–Trinajstić information content (AvgIpc) is 2.76. The van der Waals surface area contributed by atoms with E-state index < -0.39 is 21.9 Å². The van der Waals surface area contributed by atoms with Crippen molar-refractivity contribution in [2.24, 2.45) is 0 Å². The predicted molar refractivity (Wildman–Crippen MR) is 118 cm³/mol. The van der Waals surface area contributed by atoms with Crippen LogP contribution >= 0.6 is 0 Å². The number of amides is 1. The van der Waals surface area contributed by atoms with Crippen LogP contribution in [0.25, 0.3) is 0 Å². The molecule has 0 aliphatic rings. The van der Waals surface area contributed by atoms with E-state index in [1.807, 2.05) is 0 Å². The number of rotatable bonds is 10. The van der Waals surface area contributed by atoms with Gasteiger partial charge in [0, 0.05) is 24.2 Å². The molecule has 0 radical (unpaired) electrons. The lowest BCUT2D eigenvalue weighted by molar-refractivity contribution is -0.141. The lowest BCUT2D eigenvalue weighted by atomic mass is 10.1. The maximum Gasteiger partial charge on any atom is 0.325 e. The fraction of sp³-hybridized carbons (Fsp3) is 0.364. The van der Waals surface area contributed by atoms with Gasteiger partial charge in [-0.15, -0.1) is 0 Å². The molecule has 0 atom stereocenters. The zero-order valence-corrected chi connectivity index (χ0v) is 19.6. The lowest BCUT2D eigenvalue weighted by Gasteiger charge is -2.22. The number of nitrogens with one attached hydrogen (secondary N) is 1. The topological polar surface area (TPSA) is 111 Å². The van der Waals surface area contributed by atoms with Gasteiger partial charge >= 0.3 is 5.97 Å². The quantitative estimate of drug-likeness (QED) is 0.537. The van der Waals surface area contributed by atoms with Crippen LogP contribution in [0.3, 0.4) is 0 Å². The molecular formula is C22H28N2O7S. The van der Waals surface area contributed by atoms with E-state index in [1.54, 1.807) is 32.0 Å². The third-order valence-corrected chi connectivity index (χ3v) is 6.06. The van der Waals surface area contributed by atoms with Crippen molar-refractivity contribution >= 4 is 21.9 Å². The number of methoxy groups -OCH3 is 3. The van der Waals surface area contributed by atoms with Crippen molar-refractivity contribution in [3.63, 3.8) is 0 Å².